The summed E-state index contributed by atoms with van der Waals surface area (Å²) in [5, 5.41) is 13.3. The van der Waals surface area contributed by atoms with Crippen molar-refractivity contribution in [1.29, 1.82) is 0 Å². The zero-order valence-electron chi connectivity index (χ0n) is 17.0. The van der Waals surface area contributed by atoms with Crippen LogP contribution in [0.2, 0.25) is 0 Å². The van der Waals surface area contributed by atoms with Crippen molar-refractivity contribution >= 4 is 23.6 Å². The molecule has 2 aromatic carbocycles. The van der Waals surface area contributed by atoms with Crippen molar-refractivity contribution in [3.05, 3.63) is 53.1 Å². The number of ether oxygens (including phenoxy) is 1. The lowest BCUT2D eigenvalue weighted by Gasteiger charge is -2.45. The molecule has 2 aromatic rings. The number of hydrogen-bond acceptors (Lipinski definition) is 5. The van der Waals surface area contributed by atoms with Crippen LogP contribution in [0.4, 0.5) is 11.4 Å². The summed E-state index contributed by atoms with van der Waals surface area (Å²) in [5.74, 6) is 0.258. The summed E-state index contributed by atoms with van der Waals surface area (Å²) in [6.45, 7) is 6.77. The molecule has 0 aliphatic carbocycles. The van der Waals surface area contributed by atoms with Gasteiger partial charge >= 0.3 is 5.97 Å². The summed E-state index contributed by atoms with van der Waals surface area (Å²) in [4.78, 5) is 13.2. The van der Waals surface area contributed by atoms with Crippen LogP contribution >= 0.6 is 0 Å². The predicted octanol–water partition coefficient (Wildman–Crippen LogP) is 4.56. The van der Waals surface area contributed by atoms with E-state index in [0.29, 0.717) is 11.6 Å². The highest BCUT2D eigenvalue weighted by molar-refractivity contribution is 5.88. The number of nitrogens with one attached hydrogen (secondary N) is 1. The van der Waals surface area contributed by atoms with E-state index < -0.39 is 5.97 Å². The minimum atomic E-state index is -0.948. The van der Waals surface area contributed by atoms with E-state index in [0.717, 1.165) is 17.7 Å². The Labute approximate surface area is 165 Å². The number of carboxylic acid groups (broad SMARTS) is 1. The molecule has 1 unspecified atom stereocenters. The predicted molar refractivity (Wildman–Crippen MR) is 113 cm³/mol. The van der Waals surface area contributed by atoms with Gasteiger partial charge in [-0.25, -0.2) is 4.79 Å². The van der Waals surface area contributed by atoms with Crippen LogP contribution in [0.5, 0.6) is 5.75 Å². The van der Waals surface area contributed by atoms with Crippen molar-refractivity contribution in [2.75, 3.05) is 24.5 Å². The maximum absolute atomic E-state index is 10.9. The van der Waals surface area contributed by atoms with E-state index in [1.165, 1.54) is 11.3 Å². The normalized spacial score (nSPS) is 18.0. The third-order valence-corrected chi connectivity index (χ3v) is 5.51. The summed E-state index contributed by atoms with van der Waals surface area (Å²) in [6.07, 6.45) is 2.81. The molecule has 6 nitrogen and oxygen atoms in total. The van der Waals surface area contributed by atoms with Crippen LogP contribution in [0.3, 0.4) is 0 Å². The molecule has 0 saturated heterocycles. The Morgan fingerprint density at radius 1 is 1.32 bits per heavy atom. The number of carboxylic acids is 1. The van der Waals surface area contributed by atoms with Crippen LogP contribution in [0.1, 0.15) is 54.6 Å². The number of hydrazone groups is 1. The van der Waals surface area contributed by atoms with E-state index in [9.17, 15) is 4.79 Å². The number of rotatable bonds is 5. The monoisotopic (exact) mass is 381 g/mol. The first-order valence-electron chi connectivity index (χ1n) is 9.31. The number of anilines is 2. The lowest BCUT2D eigenvalue weighted by molar-refractivity contribution is 0.0697. The molecule has 6 heteroatoms. The minimum absolute atomic E-state index is 0.0940. The minimum Gasteiger partial charge on any atom is -0.496 e. The molecule has 0 fully saturated rings. The van der Waals surface area contributed by atoms with Crippen molar-refractivity contribution < 1.29 is 14.6 Å². The van der Waals surface area contributed by atoms with Crippen molar-refractivity contribution in [3.63, 3.8) is 0 Å². The Morgan fingerprint density at radius 2 is 2.00 bits per heavy atom. The molecular formula is C22H27N3O3. The van der Waals surface area contributed by atoms with E-state index in [-0.39, 0.29) is 11.1 Å². The van der Waals surface area contributed by atoms with Gasteiger partial charge in [-0.3, -0.25) is 5.43 Å². The number of fused-ring (bicyclic) bond motifs is 1. The molecule has 2 N–H and O–H groups in total. The van der Waals surface area contributed by atoms with Gasteiger partial charge in [0.05, 0.1) is 24.6 Å². The molecule has 0 bridgehead atoms. The fraction of sp³-hybridized carbons (Fsp3) is 0.364. The zero-order chi connectivity index (χ0) is 20.5. The average Bonchev–Trinajstić information content (AvgIpc) is 2.66. The number of nitrogens with zero attached hydrogens (tertiary/aromatic N) is 2. The standard InChI is InChI=1S/C22H27N3O3/c1-14-12-22(2,3)25(4)19-11-20(28-5)16(10-18(14)19)13-23-24-17-8-6-15(7-9-17)21(26)27/h6-11,13-14,24H,12H2,1-5H3,(H,26,27)/b23-13+. The van der Waals surface area contributed by atoms with Crippen LogP contribution in [0, 0.1) is 0 Å². The summed E-state index contributed by atoms with van der Waals surface area (Å²) in [6, 6.07) is 10.7. The van der Waals surface area contributed by atoms with Crippen LogP contribution in [0.15, 0.2) is 41.5 Å². The second kappa shape index (κ2) is 7.54. The second-order valence-corrected chi connectivity index (χ2v) is 7.88. The molecule has 0 saturated carbocycles. The molecule has 1 atom stereocenters. The smallest absolute Gasteiger partial charge is 0.335 e. The Morgan fingerprint density at radius 3 is 2.61 bits per heavy atom. The van der Waals surface area contributed by atoms with Gasteiger partial charge in [-0.1, -0.05) is 6.92 Å². The van der Waals surface area contributed by atoms with Gasteiger partial charge in [0.15, 0.2) is 0 Å². The molecular weight excluding hydrogens is 354 g/mol. The van der Waals surface area contributed by atoms with Crippen LogP contribution in [-0.2, 0) is 0 Å². The summed E-state index contributed by atoms with van der Waals surface area (Å²) >= 11 is 0. The Bertz CT molecular complexity index is 904. The molecule has 28 heavy (non-hydrogen) atoms. The molecule has 1 aliphatic rings. The number of carbonyl (C=O) groups is 1. The molecule has 0 radical (unpaired) electrons. The van der Waals surface area contributed by atoms with Crippen LogP contribution in [-0.4, -0.2) is 37.0 Å². The fourth-order valence-corrected chi connectivity index (χ4v) is 3.75. The van der Waals surface area contributed by atoms with E-state index in [1.807, 2.05) is 0 Å². The summed E-state index contributed by atoms with van der Waals surface area (Å²) in [5.41, 5.74) is 7.36. The Kier molecular flexibility index (Phi) is 5.31. The largest absolute Gasteiger partial charge is 0.496 e. The molecule has 0 amide bonds. The van der Waals surface area contributed by atoms with Crippen molar-refractivity contribution in [2.24, 2.45) is 5.10 Å². The number of hydrogen-bond donors (Lipinski definition) is 2. The first-order valence-corrected chi connectivity index (χ1v) is 9.31. The van der Waals surface area contributed by atoms with Crippen molar-refractivity contribution in [1.82, 2.24) is 0 Å². The van der Waals surface area contributed by atoms with Gasteiger partial charge in [0.2, 0.25) is 0 Å². The van der Waals surface area contributed by atoms with Crippen molar-refractivity contribution in [3.8, 4) is 5.75 Å². The number of methoxy groups -OCH3 is 1. The van der Waals surface area contributed by atoms with Gasteiger partial charge in [-0.2, -0.15) is 5.10 Å². The van der Waals surface area contributed by atoms with E-state index in [1.54, 1.807) is 37.6 Å². The highest BCUT2D eigenvalue weighted by atomic mass is 16.5. The van der Waals surface area contributed by atoms with Gasteiger partial charge in [0.25, 0.3) is 0 Å². The summed E-state index contributed by atoms with van der Waals surface area (Å²) < 4.78 is 5.60. The third kappa shape index (κ3) is 3.81. The van der Waals surface area contributed by atoms with Crippen molar-refractivity contribution in [2.45, 2.75) is 38.6 Å². The Hall–Kier alpha value is -3.02. The van der Waals surface area contributed by atoms with Gasteiger partial charge < -0.3 is 14.7 Å². The third-order valence-electron chi connectivity index (χ3n) is 5.51. The van der Waals surface area contributed by atoms with E-state index >= 15 is 0 Å². The zero-order valence-corrected chi connectivity index (χ0v) is 17.0. The lowest BCUT2D eigenvalue weighted by Crippen LogP contribution is -2.45. The number of aromatic carboxylic acids is 1. The highest BCUT2D eigenvalue weighted by Gasteiger charge is 2.34. The molecule has 1 heterocycles. The van der Waals surface area contributed by atoms with Gasteiger partial charge in [0.1, 0.15) is 5.75 Å². The molecule has 1 aliphatic heterocycles. The maximum Gasteiger partial charge on any atom is 0.335 e. The van der Waals surface area contributed by atoms with E-state index in [4.69, 9.17) is 9.84 Å². The quantitative estimate of drug-likeness (QED) is 0.587. The second-order valence-electron chi connectivity index (χ2n) is 7.88. The topological polar surface area (TPSA) is 74.2 Å². The van der Waals surface area contributed by atoms with Crippen LogP contribution < -0.4 is 15.1 Å². The van der Waals surface area contributed by atoms with Crippen LogP contribution in [0.25, 0.3) is 0 Å². The number of benzene rings is 2. The maximum atomic E-state index is 10.9. The van der Waals surface area contributed by atoms with E-state index in [2.05, 4.69) is 55.4 Å². The highest BCUT2D eigenvalue weighted by Crippen LogP contribution is 2.44. The fourth-order valence-electron chi connectivity index (χ4n) is 3.75. The van der Waals surface area contributed by atoms with Gasteiger partial charge in [-0.05, 0) is 62.1 Å². The summed E-state index contributed by atoms with van der Waals surface area (Å²) in [7, 11) is 3.79. The molecule has 0 spiro atoms. The van der Waals surface area contributed by atoms with Gasteiger partial charge in [0, 0.05) is 29.9 Å². The Balaban J connectivity index is 1.85. The first-order chi connectivity index (χ1) is 13.2. The molecule has 3 rings (SSSR count). The SMILES string of the molecule is COc1cc2c(cc1/C=N/Nc1ccc(C(=O)O)cc1)C(C)CC(C)(C)N2C. The molecule has 148 valence electrons. The lowest BCUT2D eigenvalue weighted by atomic mass is 9.80. The first kappa shape index (κ1) is 19.7. The molecule has 0 aromatic heterocycles. The average molecular weight is 381 g/mol. The van der Waals surface area contributed by atoms with Gasteiger partial charge in [-0.15, -0.1) is 0 Å².